The lowest BCUT2D eigenvalue weighted by molar-refractivity contribution is -0.174. The van der Waals surface area contributed by atoms with E-state index in [1.54, 1.807) is 53.7 Å². The Kier molecular flexibility index (Phi) is 15.5. The molecule has 17 nitrogen and oxygen atoms in total. The van der Waals surface area contributed by atoms with Crippen LogP contribution < -0.4 is 0 Å². The Morgan fingerprint density at radius 2 is 0.808 bits per heavy atom. The summed E-state index contributed by atoms with van der Waals surface area (Å²) >= 11 is 0. The maximum atomic E-state index is 13.2. The molecule has 2 aliphatic carbocycles. The van der Waals surface area contributed by atoms with E-state index in [4.69, 9.17) is 23.8 Å². The summed E-state index contributed by atoms with van der Waals surface area (Å²) in [4.78, 5) is 108. The summed E-state index contributed by atoms with van der Waals surface area (Å²) in [7, 11) is 2.65. The third-order valence-corrected chi connectivity index (χ3v) is 12.2. The van der Waals surface area contributed by atoms with E-state index in [0.29, 0.717) is 5.06 Å². The van der Waals surface area contributed by atoms with Crippen LogP contribution in [0, 0.1) is 0 Å². The van der Waals surface area contributed by atoms with Gasteiger partial charge in [0, 0.05) is 25.9 Å². The minimum atomic E-state index is -1.46. The van der Waals surface area contributed by atoms with Gasteiger partial charge in [-0.2, -0.15) is 0 Å². The standard InChI is InChI=1S/C32H30N2O8.C24H27NO6/c1-32(2,3)41-30(38)26(17-27(35)42-34-28(36)23-15-9-10-16-24(23)29(34)37)33(4)31(39)40-18-25-21-13-7-5-11-19(21)20-12-6-8-14-22(20)25;1-24(2,3)31-22(28)20(13-21(26)27)25(4)23(29)30-14-19-17-11-7-5-9-15(17)16-10-6-8-12-18(16)19/h5-16,25-26H,17-18H2,1-4H3;5-12,19-20H,13-14H2,1-4H3,(H,26,27)/t26-;20-/m00/s1. The van der Waals surface area contributed by atoms with Crippen molar-refractivity contribution in [1.29, 1.82) is 0 Å². The smallest absolute Gasteiger partial charge is 0.410 e. The van der Waals surface area contributed by atoms with Crippen LogP contribution in [0.1, 0.15) is 109 Å². The topological polar surface area (TPSA) is 213 Å². The summed E-state index contributed by atoms with van der Waals surface area (Å²) in [5.41, 5.74) is 6.93. The number of imide groups is 1. The summed E-state index contributed by atoms with van der Waals surface area (Å²) in [6, 6.07) is 34.9. The van der Waals surface area contributed by atoms with Crippen molar-refractivity contribution >= 4 is 47.9 Å². The number of benzene rings is 5. The first-order valence-corrected chi connectivity index (χ1v) is 23.6. The molecule has 0 unspecified atom stereocenters. The Morgan fingerprint density at radius 3 is 1.12 bits per heavy atom. The van der Waals surface area contributed by atoms with Crippen LogP contribution in [0.4, 0.5) is 9.59 Å². The van der Waals surface area contributed by atoms with Gasteiger partial charge in [-0.3, -0.25) is 24.2 Å². The van der Waals surface area contributed by atoms with Gasteiger partial charge in [0.2, 0.25) is 0 Å². The molecule has 0 spiro atoms. The lowest BCUT2D eigenvalue weighted by Gasteiger charge is -2.29. The summed E-state index contributed by atoms with van der Waals surface area (Å²) in [6.45, 7) is 10.0. The Bertz CT molecular complexity index is 2850. The van der Waals surface area contributed by atoms with Gasteiger partial charge >= 0.3 is 36.1 Å². The Hall–Kier alpha value is -8.34. The van der Waals surface area contributed by atoms with Gasteiger partial charge in [0.1, 0.15) is 36.5 Å². The first kappa shape index (κ1) is 52.5. The average Bonchev–Trinajstić information content (AvgIpc) is 3.93. The first-order valence-electron chi connectivity index (χ1n) is 23.6. The van der Waals surface area contributed by atoms with Gasteiger partial charge in [0.25, 0.3) is 11.8 Å². The number of carboxylic acids is 1. The van der Waals surface area contributed by atoms with Crippen LogP contribution in [0.2, 0.25) is 0 Å². The highest BCUT2D eigenvalue weighted by Gasteiger charge is 2.42. The minimum Gasteiger partial charge on any atom is -0.481 e. The Balaban J connectivity index is 0.000000224. The number of ether oxygens (including phenoxy) is 4. The molecule has 1 aliphatic heterocycles. The van der Waals surface area contributed by atoms with Gasteiger partial charge in [-0.25, -0.2) is 24.0 Å². The van der Waals surface area contributed by atoms with Crippen LogP contribution in [-0.2, 0) is 43.0 Å². The van der Waals surface area contributed by atoms with Crippen molar-refractivity contribution in [3.8, 4) is 22.3 Å². The maximum Gasteiger partial charge on any atom is 0.410 e. The molecule has 73 heavy (non-hydrogen) atoms. The second-order valence-electron chi connectivity index (χ2n) is 19.6. The van der Waals surface area contributed by atoms with Crippen molar-refractivity contribution in [3.05, 3.63) is 155 Å². The number of likely N-dealkylation sites (N-methyl/N-ethyl adjacent to an activating group) is 2. The number of nitrogens with zero attached hydrogens (tertiary/aromatic N) is 3. The van der Waals surface area contributed by atoms with E-state index in [9.17, 15) is 43.5 Å². The predicted octanol–water partition coefficient (Wildman–Crippen LogP) is 8.77. The van der Waals surface area contributed by atoms with E-state index in [0.717, 1.165) is 54.3 Å². The second kappa shape index (κ2) is 21.6. The number of carbonyl (C=O) groups is 8. The van der Waals surface area contributed by atoms with Crippen LogP contribution in [0.25, 0.3) is 22.3 Å². The Labute approximate surface area is 422 Å². The maximum absolute atomic E-state index is 13.2. The number of hydrogen-bond donors (Lipinski definition) is 1. The monoisotopic (exact) mass is 995 g/mol. The molecule has 380 valence electrons. The quantitative estimate of drug-likeness (QED) is 0.0664. The highest BCUT2D eigenvalue weighted by molar-refractivity contribution is 6.21. The fraction of sp³-hybridized carbons (Fsp3) is 0.321. The number of esters is 2. The fourth-order valence-corrected chi connectivity index (χ4v) is 8.85. The minimum absolute atomic E-state index is 0.00226. The zero-order valence-corrected chi connectivity index (χ0v) is 41.8. The van der Waals surface area contributed by atoms with Gasteiger partial charge in [-0.05, 0) is 98.2 Å². The first-order chi connectivity index (χ1) is 34.5. The Morgan fingerprint density at radius 1 is 0.507 bits per heavy atom. The molecule has 0 bridgehead atoms. The van der Waals surface area contributed by atoms with Crippen molar-refractivity contribution in [2.24, 2.45) is 0 Å². The number of fused-ring (bicyclic) bond motifs is 7. The zero-order valence-electron chi connectivity index (χ0n) is 41.8. The van der Waals surface area contributed by atoms with E-state index in [1.807, 2.05) is 97.1 Å². The van der Waals surface area contributed by atoms with Gasteiger partial charge in [0.15, 0.2) is 0 Å². The van der Waals surface area contributed by atoms with Crippen molar-refractivity contribution in [3.63, 3.8) is 0 Å². The zero-order chi connectivity index (χ0) is 52.9. The largest absolute Gasteiger partial charge is 0.481 e. The highest BCUT2D eigenvalue weighted by Crippen LogP contribution is 2.46. The van der Waals surface area contributed by atoms with Gasteiger partial charge < -0.3 is 28.9 Å². The SMILES string of the molecule is CN(C(=O)OCC1c2ccccc2-c2ccccc21)[C@@H](CC(=O)O)C(=O)OC(C)(C)C.CN(C(=O)OCC1c2ccccc2-c2ccccc21)[C@@H](CC(=O)ON1C(=O)c2ccccc2C1=O)C(=O)OC(C)(C)C. The van der Waals surface area contributed by atoms with E-state index >= 15 is 0 Å². The molecular weight excluding hydrogens is 939 g/mol. The van der Waals surface area contributed by atoms with Crippen molar-refractivity contribution in [2.45, 2.75) is 89.5 Å². The number of amides is 4. The van der Waals surface area contributed by atoms with Crippen LogP contribution in [0.5, 0.6) is 0 Å². The molecule has 0 saturated heterocycles. The molecule has 0 saturated carbocycles. The van der Waals surface area contributed by atoms with Crippen molar-refractivity contribution in [1.82, 2.24) is 14.9 Å². The molecule has 8 rings (SSSR count). The molecule has 5 aromatic rings. The second-order valence-corrected chi connectivity index (χ2v) is 19.6. The summed E-state index contributed by atoms with van der Waals surface area (Å²) in [5.74, 6) is -5.92. The van der Waals surface area contributed by atoms with E-state index in [2.05, 4.69) is 0 Å². The summed E-state index contributed by atoms with van der Waals surface area (Å²) in [5, 5.41) is 9.55. The molecule has 1 N–H and O–H groups in total. The molecule has 0 aromatic heterocycles. The molecule has 2 atom stereocenters. The summed E-state index contributed by atoms with van der Waals surface area (Å²) < 4.78 is 21.9. The highest BCUT2D eigenvalue weighted by atomic mass is 16.7. The van der Waals surface area contributed by atoms with Crippen LogP contribution >= 0.6 is 0 Å². The average molecular weight is 996 g/mol. The van der Waals surface area contributed by atoms with Crippen molar-refractivity contribution in [2.75, 3.05) is 27.3 Å². The number of carboxylic acid groups (broad SMARTS) is 1. The van der Waals surface area contributed by atoms with Crippen molar-refractivity contribution < 1.29 is 67.2 Å². The van der Waals surface area contributed by atoms with E-state index < -0.39 is 84.0 Å². The molecule has 5 aromatic carbocycles. The third-order valence-electron chi connectivity index (χ3n) is 12.2. The molecule has 0 fully saturated rings. The normalized spacial score (nSPS) is 14.2. The van der Waals surface area contributed by atoms with Crippen LogP contribution in [0.15, 0.2) is 121 Å². The van der Waals surface area contributed by atoms with Crippen LogP contribution in [-0.4, -0.2) is 118 Å². The lowest BCUT2D eigenvalue weighted by Crippen LogP contribution is -2.47. The molecule has 0 radical (unpaired) electrons. The summed E-state index contributed by atoms with van der Waals surface area (Å²) in [6.07, 6.45) is -2.90. The number of hydrogen-bond acceptors (Lipinski definition) is 13. The van der Waals surface area contributed by atoms with Gasteiger partial charge in [0.05, 0.1) is 24.0 Å². The molecule has 1 heterocycles. The predicted molar refractivity (Wildman–Crippen MR) is 265 cm³/mol. The molecule has 3 aliphatic rings. The molecule has 17 heteroatoms. The van der Waals surface area contributed by atoms with E-state index in [-0.39, 0.29) is 36.2 Å². The fourth-order valence-electron chi connectivity index (χ4n) is 8.85. The van der Waals surface area contributed by atoms with E-state index in [1.165, 1.54) is 26.2 Å². The van der Waals surface area contributed by atoms with Gasteiger partial charge in [-0.15, -0.1) is 0 Å². The van der Waals surface area contributed by atoms with Crippen LogP contribution in [0.3, 0.4) is 0 Å². The molecule has 4 amide bonds. The molecular formula is C56H57N3O14. The third kappa shape index (κ3) is 11.9. The number of rotatable bonds is 13. The van der Waals surface area contributed by atoms with Gasteiger partial charge in [-0.1, -0.05) is 114 Å². The number of aliphatic carboxylic acids is 1. The number of carbonyl (C=O) groups excluding carboxylic acids is 7. The lowest BCUT2D eigenvalue weighted by atomic mass is 9.98. The number of hydroxylamine groups is 2.